The number of nitrogen functional groups attached to an aromatic ring is 1. The Balaban J connectivity index is 1.82. The summed E-state index contributed by atoms with van der Waals surface area (Å²) in [6.07, 6.45) is 7.19. The van der Waals surface area contributed by atoms with Crippen LogP contribution in [0, 0.1) is 5.92 Å². The van der Waals surface area contributed by atoms with Crippen LogP contribution in [0.1, 0.15) is 25.7 Å². The molecule has 1 aliphatic rings. The maximum atomic E-state index is 5.38. The second kappa shape index (κ2) is 5.11. The molecule has 7 heteroatoms. The summed E-state index contributed by atoms with van der Waals surface area (Å²) < 4.78 is 0. The van der Waals surface area contributed by atoms with Crippen molar-refractivity contribution >= 4 is 28.7 Å². The third-order valence-corrected chi connectivity index (χ3v) is 4.56. The third kappa shape index (κ3) is 2.28. The van der Waals surface area contributed by atoms with Crippen LogP contribution in [-0.4, -0.2) is 25.9 Å². The van der Waals surface area contributed by atoms with E-state index in [2.05, 4.69) is 25.6 Å². The summed E-state index contributed by atoms with van der Waals surface area (Å²) in [5, 5.41) is 8.78. The van der Waals surface area contributed by atoms with E-state index in [1.54, 1.807) is 18.0 Å². The molecule has 0 amide bonds. The molecule has 1 fully saturated rings. The molecular weight excluding hydrogens is 248 g/mol. The second-order valence-corrected chi connectivity index (χ2v) is 5.60. The fraction of sp³-hybridized carbons (Fsp3) is 0.545. The fourth-order valence-corrected chi connectivity index (χ4v) is 3.54. The van der Waals surface area contributed by atoms with Crippen molar-refractivity contribution < 1.29 is 0 Å². The molecule has 0 spiro atoms. The Morgan fingerprint density at radius 2 is 2.22 bits per heavy atom. The minimum absolute atomic E-state index is 0.431. The van der Waals surface area contributed by atoms with Gasteiger partial charge in [-0.2, -0.15) is 10.1 Å². The number of nitrogens with two attached hydrogens (primary N) is 1. The predicted molar refractivity (Wildman–Crippen MR) is 72.2 cm³/mol. The number of aromatic amines is 1. The molecule has 0 atom stereocenters. The van der Waals surface area contributed by atoms with E-state index in [4.69, 9.17) is 5.84 Å². The second-order valence-electron chi connectivity index (χ2n) is 4.59. The molecule has 0 unspecified atom stereocenters. The zero-order valence-electron chi connectivity index (χ0n) is 10.0. The van der Waals surface area contributed by atoms with Gasteiger partial charge in [0, 0.05) is 5.75 Å². The normalized spacial score (nSPS) is 16.5. The van der Waals surface area contributed by atoms with Crippen LogP contribution in [0.5, 0.6) is 0 Å². The summed E-state index contributed by atoms with van der Waals surface area (Å²) in [6, 6.07) is 0. The molecule has 3 rings (SSSR count). The minimum atomic E-state index is 0.431. The standard InChI is InChI=1S/C11H16N6S/c12-16-11-14-9-8(5-13-17-9)10(15-11)18-6-7-3-1-2-4-7/h5,7H,1-4,6,12H2,(H2,13,14,15,16,17). The van der Waals surface area contributed by atoms with Crippen molar-refractivity contribution in [2.45, 2.75) is 30.7 Å². The minimum Gasteiger partial charge on any atom is -0.292 e. The molecule has 4 N–H and O–H groups in total. The number of nitrogens with one attached hydrogen (secondary N) is 2. The highest BCUT2D eigenvalue weighted by Crippen LogP contribution is 2.32. The lowest BCUT2D eigenvalue weighted by Gasteiger charge is -2.08. The number of anilines is 1. The Bertz CT molecular complexity index is 533. The number of thioether (sulfide) groups is 1. The van der Waals surface area contributed by atoms with Crippen LogP contribution in [0.25, 0.3) is 11.0 Å². The van der Waals surface area contributed by atoms with Gasteiger partial charge in [-0.05, 0) is 18.8 Å². The van der Waals surface area contributed by atoms with Gasteiger partial charge in [0.05, 0.1) is 11.6 Å². The largest absolute Gasteiger partial charge is 0.292 e. The van der Waals surface area contributed by atoms with Crippen LogP contribution in [-0.2, 0) is 0 Å². The van der Waals surface area contributed by atoms with E-state index in [-0.39, 0.29) is 0 Å². The van der Waals surface area contributed by atoms with Crippen molar-refractivity contribution in [3.05, 3.63) is 6.20 Å². The quantitative estimate of drug-likeness (QED) is 0.338. The molecular formula is C11H16N6S. The van der Waals surface area contributed by atoms with Crippen LogP contribution in [0.4, 0.5) is 5.95 Å². The average Bonchev–Trinajstić information content (AvgIpc) is 3.06. The van der Waals surface area contributed by atoms with E-state index >= 15 is 0 Å². The Hall–Kier alpha value is -1.34. The van der Waals surface area contributed by atoms with E-state index in [0.29, 0.717) is 5.95 Å². The molecule has 0 radical (unpaired) electrons. The van der Waals surface area contributed by atoms with Crippen molar-refractivity contribution in [1.82, 2.24) is 20.2 Å². The zero-order chi connectivity index (χ0) is 12.4. The molecule has 18 heavy (non-hydrogen) atoms. The van der Waals surface area contributed by atoms with Gasteiger partial charge < -0.3 is 0 Å². The zero-order valence-corrected chi connectivity index (χ0v) is 10.8. The highest BCUT2D eigenvalue weighted by atomic mass is 32.2. The number of hydrazine groups is 1. The molecule has 0 aliphatic heterocycles. The number of nitrogens with zero attached hydrogens (tertiary/aromatic N) is 3. The van der Waals surface area contributed by atoms with Crippen LogP contribution >= 0.6 is 11.8 Å². The predicted octanol–water partition coefficient (Wildman–Crippen LogP) is 1.92. The smallest absolute Gasteiger partial charge is 0.240 e. The molecule has 2 aromatic heterocycles. The van der Waals surface area contributed by atoms with Crippen molar-refractivity contribution in [3.63, 3.8) is 0 Å². The molecule has 96 valence electrons. The summed E-state index contributed by atoms with van der Waals surface area (Å²) in [7, 11) is 0. The Morgan fingerprint density at radius 1 is 1.39 bits per heavy atom. The Morgan fingerprint density at radius 3 is 3.00 bits per heavy atom. The van der Waals surface area contributed by atoms with Crippen molar-refractivity contribution in [1.29, 1.82) is 0 Å². The van der Waals surface area contributed by atoms with Gasteiger partial charge in [0.2, 0.25) is 5.95 Å². The van der Waals surface area contributed by atoms with Crippen LogP contribution in [0.2, 0.25) is 0 Å². The topological polar surface area (TPSA) is 92.5 Å². The maximum absolute atomic E-state index is 5.38. The van der Waals surface area contributed by atoms with Gasteiger partial charge >= 0.3 is 0 Å². The summed E-state index contributed by atoms with van der Waals surface area (Å²) in [4.78, 5) is 8.62. The van der Waals surface area contributed by atoms with E-state index in [1.807, 2.05) is 0 Å². The van der Waals surface area contributed by atoms with E-state index in [0.717, 1.165) is 27.7 Å². The molecule has 2 aromatic rings. The molecule has 0 bridgehead atoms. The van der Waals surface area contributed by atoms with Gasteiger partial charge in [0.1, 0.15) is 5.03 Å². The first-order valence-electron chi connectivity index (χ1n) is 6.17. The van der Waals surface area contributed by atoms with E-state index in [9.17, 15) is 0 Å². The molecule has 1 aliphatic carbocycles. The van der Waals surface area contributed by atoms with Crippen molar-refractivity contribution in [2.75, 3.05) is 11.2 Å². The van der Waals surface area contributed by atoms with Crippen LogP contribution < -0.4 is 11.3 Å². The first-order chi connectivity index (χ1) is 8.86. The summed E-state index contributed by atoms with van der Waals surface area (Å²) in [5.41, 5.74) is 3.22. The first kappa shape index (κ1) is 11.7. The monoisotopic (exact) mass is 264 g/mol. The Labute approximate surface area is 109 Å². The van der Waals surface area contributed by atoms with Gasteiger partial charge in [-0.15, -0.1) is 11.8 Å². The fourth-order valence-electron chi connectivity index (χ4n) is 2.36. The van der Waals surface area contributed by atoms with Gasteiger partial charge in [-0.25, -0.2) is 10.8 Å². The summed E-state index contributed by atoms with van der Waals surface area (Å²) in [6.45, 7) is 0. The summed E-state index contributed by atoms with van der Waals surface area (Å²) >= 11 is 1.77. The highest BCUT2D eigenvalue weighted by molar-refractivity contribution is 7.99. The van der Waals surface area contributed by atoms with Crippen molar-refractivity contribution in [3.8, 4) is 0 Å². The summed E-state index contributed by atoms with van der Waals surface area (Å²) in [5.74, 6) is 7.74. The molecule has 2 heterocycles. The lowest BCUT2D eigenvalue weighted by molar-refractivity contribution is 0.623. The lowest BCUT2D eigenvalue weighted by Crippen LogP contribution is -2.11. The van der Waals surface area contributed by atoms with E-state index in [1.165, 1.54) is 25.7 Å². The molecule has 0 aromatic carbocycles. The molecule has 6 nitrogen and oxygen atoms in total. The SMILES string of the molecule is NNc1nc(SCC2CCCC2)c2cn[nH]c2n1. The highest BCUT2D eigenvalue weighted by Gasteiger charge is 2.17. The number of aromatic nitrogens is 4. The van der Waals surface area contributed by atoms with Crippen molar-refractivity contribution in [2.24, 2.45) is 11.8 Å². The van der Waals surface area contributed by atoms with Gasteiger partial charge in [0.25, 0.3) is 0 Å². The first-order valence-corrected chi connectivity index (χ1v) is 7.16. The maximum Gasteiger partial charge on any atom is 0.240 e. The Kier molecular flexibility index (Phi) is 3.33. The van der Waals surface area contributed by atoms with Gasteiger partial charge in [-0.1, -0.05) is 12.8 Å². The van der Waals surface area contributed by atoms with E-state index < -0.39 is 0 Å². The number of hydrogen-bond donors (Lipinski definition) is 3. The lowest BCUT2D eigenvalue weighted by atomic mass is 10.1. The van der Waals surface area contributed by atoms with Crippen LogP contribution in [0.15, 0.2) is 11.2 Å². The third-order valence-electron chi connectivity index (χ3n) is 3.33. The van der Waals surface area contributed by atoms with Gasteiger partial charge in [-0.3, -0.25) is 10.5 Å². The number of fused-ring (bicyclic) bond motifs is 1. The number of rotatable bonds is 4. The molecule has 1 saturated carbocycles. The molecule has 0 saturated heterocycles. The van der Waals surface area contributed by atoms with Crippen LogP contribution in [0.3, 0.4) is 0 Å². The number of H-pyrrole nitrogens is 1. The number of hydrogen-bond acceptors (Lipinski definition) is 6. The average molecular weight is 264 g/mol. The van der Waals surface area contributed by atoms with Gasteiger partial charge in [0.15, 0.2) is 5.65 Å².